The van der Waals surface area contributed by atoms with Crippen LogP contribution in [-0.4, -0.2) is 114 Å². The van der Waals surface area contributed by atoms with Gasteiger partial charge in [0.15, 0.2) is 0 Å². The lowest BCUT2D eigenvalue weighted by Gasteiger charge is -2.38. The van der Waals surface area contributed by atoms with Gasteiger partial charge in [-0.15, -0.1) is 6.58 Å². The maximum Gasteiger partial charge on any atom is 0.323 e. The fourth-order valence-electron chi connectivity index (χ4n) is 9.01. The van der Waals surface area contributed by atoms with E-state index in [1.165, 1.54) is 15.9 Å². The smallest absolute Gasteiger partial charge is 0.323 e. The number of amides is 9. The third kappa shape index (κ3) is 9.43. The summed E-state index contributed by atoms with van der Waals surface area (Å²) in [6, 6.07) is -5.93. The highest BCUT2D eigenvalue weighted by Gasteiger charge is 2.69. The van der Waals surface area contributed by atoms with Crippen molar-refractivity contribution in [2.45, 2.75) is 130 Å². The highest BCUT2D eigenvalue weighted by atomic mass is 16.5. The quantitative estimate of drug-likeness (QED) is 0.139. The van der Waals surface area contributed by atoms with Crippen LogP contribution in [0.25, 0.3) is 0 Å². The summed E-state index contributed by atoms with van der Waals surface area (Å²) in [6.45, 7) is 15.4. The van der Waals surface area contributed by atoms with Crippen LogP contribution in [0.1, 0.15) is 99.3 Å². The molecular formula is C40H61N7O9. The molecule has 3 heterocycles. The van der Waals surface area contributed by atoms with Gasteiger partial charge < -0.3 is 30.9 Å². The van der Waals surface area contributed by atoms with Gasteiger partial charge in [0.25, 0.3) is 5.91 Å². The molecule has 2 bridgehead atoms. The lowest BCUT2D eigenvalue weighted by Crippen LogP contribution is -2.62. The molecule has 9 atom stereocenters. The molecule has 0 aromatic rings. The van der Waals surface area contributed by atoms with Crippen LogP contribution in [0, 0.1) is 34.5 Å². The molecule has 2 saturated carbocycles. The largest absolute Gasteiger partial charge is 0.376 e. The minimum atomic E-state index is -1.30. The van der Waals surface area contributed by atoms with Gasteiger partial charge in [0.2, 0.25) is 29.4 Å². The van der Waals surface area contributed by atoms with Crippen molar-refractivity contribution >= 4 is 47.4 Å². The molecule has 0 radical (unpaired) electrons. The second-order valence-electron chi connectivity index (χ2n) is 17.9. The zero-order valence-electron chi connectivity index (χ0n) is 33.7. The van der Waals surface area contributed by atoms with Crippen molar-refractivity contribution in [1.29, 1.82) is 0 Å². The van der Waals surface area contributed by atoms with Gasteiger partial charge in [0, 0.05) is 38.1 Å². The summed E-state index contributed by atoms with van der Waals surface area (Å²) in [4.78, 5) is 110. The fraction of sp³-hybridized carbons (Fsp3) is 0.750. The minimum absolute atomic E-state index is 0.0194. The van der Waals surface area contributed by atoms with E-state index in [9.17, 15) is 38.4 Å². The minimum Gasteiger partial charge on any atom is -0.376 e. The van der Waals surface area contributed by atoms with Crippen LogP contribution in [0.15, 0.2) is 12.7 Å². The predicted octanol–water partition coefficient (Wildman–Crippen LogP) is 2.16. The monoisotopic (exact) mass is 783 g/mol. The molecular weight excluding hydrogens is 722 g/mol. The Hall–Kier alpha value is -4.34. The average Bonchev–Trinajstić information content (AvgIpc) is 3.51. The zero-order valence-corrected chi connectivity index (χ0v) is 33.7. The Kier molecular flexibility index (Phi) is 13.3. The molecule has 0 aromatic heterocycles. The van der Waals surface area contributed by atoms with E-state index in [1.807, 2.05) is 34.6 Å². The first kappa shape index (κ1) is 42.8. The number of ether oxygens (including phenoxy) is 1. The van der Waals surface area contributed by atoms with E-state index in [0.29, 0.717) is 38.7 Å². The number of carbonyl (C=O) groups is 8. The van der Waals surface area contributed by atoms with E-state index in [0.717, 1.165) is 19.3 Å². The molecule has 56 heavy (non-hydrogen) atoms. The lowest BCUT2D eigenvalue weighted by atomic mass is 9.85. The Labute approximate surface area is 329 Å². The number of hydrogen-bond donors (Lipinski definition) is 5. The topological polar surface area (TPSA) is 212 Å². The predicted molar refractivity (Wildman–Crippen MR) is 204 cm³/mol. The van der Waals surface area contributed by atoms with Crippen LogP contribution in [0.3, 0.4) is 0 Å². The van der Waals surface area contributed by atoms with E-state index in [4.69, 9.17) is 4.74 Å². The van der Waals surface area contributed by atoms with Crippen molar-refractivity contribution in [1.82, 2.24) is 36.4 Å². The summed E-state index contributed by atoms with van der Waals surface area (Å²) in [5.74, 6) is -3.87. The number of ketones is 1. The number of nitrogens with zero attached hydrogens (tertiary/aromatic N) is 2. The van der Waals surface area contributed by atoms with E-state index >= 15 is 0 Å². The highest BCUT2D eigenvalue weighted by Crippen LogP contribution is 2.65. The molecule has 16 nitrogen and oxygen atoms in total. The van der Waals surface area contributed by atoms with Gasteiger partial charge >= 0.3 is 12.1 Å². The van der Waals surface area contributed by atoms with Crippen LogP contribution < -0.4 is 26.6 Å². The second kappa shape index (κ2) is 17.4. The number of Topliss-reactive ketones (excluding diaryl/α,β-unsaturated/α-hetero) is 1. The molecule has 3 saturated heterocycles. The molecule has 5 fully saturated rings. The third-order valence-electron chi connectivity index (χ3n) is 12.7. The molecule has 5 aliphatic rings. The van der Waals surface area contributed by atoms with Crippen LogP contribution in [0.5, 0.6) is 0 Å². The van der Waals surface area contributed by atoms with Crippen molar-refractivity contribution < 1.29 is 43.1 Å². The Bertz CT molecular complexity index is 1570. The number of fused-ring (bicyclic) bond motifs is 5. The molecule has 9 amide bonds. The fourth-order valence-corrected chi connectivity index (χ4v) is 9.01. The SMILES string of the molecule is C=CCNC(=O)C(=O)[C@H]1CCCCCCCO[C@@H](C)[C@H](NC(=O)NC(=O)N[C@H](CN2C(=O)C3CCC(C3)C2=O)C(C)(C)C)C(=O)N2C[C@H]3[C@@H]([C@H]2C(=O)N1)C3(C)C. The Morgan fingerprint density at radius 2 is 1.59 bits per heavy atom. The molecule has 2 aliphatic carbocycles. The summed E-state index contributed by atoms with van der Waals surface area (Å²) in [7, 11) is 0. The number of rotatable bonds is 8. The van der Waals surface area contributed by atoms with Crippen molar-refractivity contribution in [3.63, 3.8) is 0 Å². The summed E-state index contributed by atoms with van der Waals surface area (Å²) in [6.07, 6.45) is 6.40. The summed E-state index contributed by atoms with van der Waals surface area (Å²) >= 11 is 0. The Morgan fingerprint density at radius 3 is 2.23 bits per heavy atom. The summed E-state index contributed by atoms with van der Waals surface area (Å²) in [5, 5.41) is 12.9. The molecule has 310 valence electrons. The van der Waals surface area contributed by atoms with Crippen molar-refractivity contribution in [2.75, 3.05) is 26.2 Å². The van der Waals surface area contributed by atoms with Gasteiger partial charge in [-0.3, -0.25) is 39.0 Å². The average molecular weight is 784 g/mol. The third-order valence-corrected chi connectivity index (χ3v) is 12.7. The molecule has 5 N–H and O–H groups in total. The molecule has 0 spiro atoms. The highest BCUT2D eigenvalue weighted by molar-refractivity contribution is 6.38. The van der Waals surface area contributed by atoms with Gasteiger partial charge in [-0.05, 0) is 61.7 Å². The molecule has 0 aromatic carbocycles. The number of imide groups is 2. The molecule has 3 aliphatic heterocycles. The second-order valence-corrected chi connectivity index (χ2v) is 17.9. The van der Waals surface area contributed by atoms with E-state index in [2.05, 4.69) is 33.2 Å². The molecule has 16 heteroatoms. The first-order valence-electron chi connectivity index (χ1n) is 20.2. The summed E-state index contributed by atoms with van der Waals surface area (Å²) < 4.78 is 6.07. The van der Waals surface area contributed by atoms with Crippen molar-refractivity contribution in [3.8, 4) is 0 Å². The normalized spacial score (nSPS) is 31.3. The van der Waals surface area contributed by atoms with Crippen LogP contribution >= 0.6 is 0 Å². The lowest BCUT2D eigenvalue weighted by molar-refractivity contribution is -0.153. The number of piperidine rings is 2. The number of urea groups is 2. The zero-order chi connectivity index (χ0) is 41.1. The van der Waals surface area contributed by atoms with E-state index in [1.54, 1.807) is 6.92 Å². The first-order chi connectivity index (χ1) is 26.4. The maximum atomic E-state index is 14.5. The van der Waals surface area contributed by atoms with Gasteiger partial charge in [-0.1, -0.05) is 66.4 Å². The van der Waals surface area contributed by atoms with Crippen molar-refractivity contribution in [3.05, 3.63) is 12.7 Å². The number of likely N-dealkylation sites (tertiary alicyclic amines) is 1. The molecule has 5 rings (SSSR count). The van der Waals surface area contributed by atoms with Gasteiger partial charge in [-0.2, -0.15) is 0 Å². The Morgan fingerprint density at radius 1 is 0.946 bits per heavy atom. The number of carbonyl (C=O) groups excluding carboxylic acids is 8. The van der Waals surface area contributed by atoms with Crippen LogP contribution in [0.4, 0.5) is 9.59 Å². The summed E-state index contributed by atoms with van der Waals surface area (Å²) in [5.41, 5.74) is -0.876. The van der Waals surface area contributed by atoms with Crippen LogP contribution in [-0.2, 0) is 33.5 Å². The van der Waals surface area contributed by atoms with Gasteiger partial charge in [0.1, 0.15) is 12.1 Å². The van der Waals surface area contributed by atoms with Gasteiger partial charge in [0.05, 0.1) is 18.2 Å². The van der Waals surface area contributed by atoms with E-state index < -0.39 is 71.3 Å². The number of nitrogens with one attached hydrogen (secondary N) is 5. The first-order valence-corrected chi connectivity index (χ1v) is 20.2. The Balaban J connectivity index is 1.31. The maximum absolute atomic E-state index is 14.5. The van der Waals surface area contributed by atoms with E-state index in [-0.39, 0.29) is 67.0 Å². The van der Waals surface area contributed by atoms with Crippen molar-refractivity contribution in [2.24, 2.45) is 34.5 Å². The van der Waals surface area contributed by atoms with Gasteiger partial charge in [-0.25, -0.2) is 9.59 Å². The standard InChI is InChI=1S/C40H61N7O9/c1-8-17-41-33(50)31(48)26-14-12-10-9-11-13-18-56-22(2)29(36(53)46-20-25-28(40(25,6)7)30(46)32(49)42-26)44-38(55)45-37(54)43-27(39(3,4)5)21-47-34(51)23-15-16-24(19-23)35(47)52/h8,22-30H,1,9-21H2,2-7H3,(H,41,50)(H,42,49)(H3,43,44,45,54,55)/t22-,23?,24?,25-,26+,27+,28-,29-,30-/m0/s1. The molecule has 2 unspecified atom stereocenters. The van der Waals surface area contributed by atoms with Crippen LogP contribution in [0.2, 0.25) is 0 Å². The number of hydrogen-bond acceptors (Lipinski definition) is 9.